The maximum atomic E-state index is 11.4. The Kier molecular flexibility index (Phi) is 4.24. The van der Waals surface area contributed by atoms with Crippen LogP contribution in [-0.4, -0.2) is 33.8 Å². The van der Waals surface area contributed by atoms with Gasteiger partial charge in [0.15, 0.2) is 0 Å². The van der Waals surface area contributed by atoms with Crippen LogP contribution in [0, 0.1) is 0 Å². The first kappa shape index (κ1) is 12.7. The molecule has 3 nitrogen and oxygen atoms in total. The normalized spacial score (nSPS) is 19.6. The molecule has 0 N–H and O–H groups in total. The van der Waals surface area contributed by atoms with Crippen molar-refractivity contribution in [3.05, 3.63) is 39.8 Å². The third-order valence-electron chi connectivity index (χ3n) is 2.11. The van der Waals surface area contributed by atoms with Crippen LogP contribution in [0.15, 0.2) is 39.8 Å². The van der Waals surface area contributed by atoms with Gasteiger partial charge in [0.2, 0.25) is 0 Å². The van der Waals surface area contributed by atoms with Crippen molar-refractivity contribution in [3.63, 3.8) is 0 Å². The topological polar surface area (TPSA) is 35.5 Å². The molecule has 5 heteroatoms. The maximum absolute atomic E-state index is 11.4. The molecule has 90 valence electrons. The van der Waals surface area contributed by atoms with E-state index in [9.17, 15) is 4.79 Å². The van der Waals surface area contributed by atoms with Gasteiger partial charge in [-0.25, -0.2) is 0 Å². The van der Waals surface area contributed by atoms with Crippen molar-refractivity contribution in [2.45, 2.75) is 13.2 Å². The monoisotopic (exact) mass is 318 g/mol. The summed E-state index contributed by atoms with van der Waals surface area (Å²) in [5.41, 5.74) is 0. The van der Waals surface area contributed by atoms with Gasteiger partial charge in [0.1, 0.15) is 0 Å². The fourth-order valence-electron chi connectivity index (χ4n) is 1.38. The van der Waals surface area contributed by atoms with E-state index in [1.54, 1.807) is 0 Å². The molecule has 1 heterocycles. The summed E-state index contributed by atoms with van der Waals surface area (Å²) in [6.45, 7) is 2.34. The summed E-state index contributed by atoms with van der Waals surface area (Å²) in [5.74, 6) is -0.488. The molecule has 0 bridgehead atoms. The van der Waals surface area contributed by atoms with Crippen LogP contribution >= 0.6 is 11.6 Å². The van der Waals surface area contributed by atoms with Crippen LogP contribution in [-0.2, 0) is 14.3 Å². The molecule has 2 rings (SSSR count). The first-order chi connectivity index (χ1) is 8.22. The van der Waals surface area contributed by atoms with Gasteiger partial charge in [-0.2, -0.15) is 0 Å². The van der Waals surface area contributed by atoms with Crippen LogP contribution in [0.5, 0.6) is 0 Å². The van der Waals surface area contributed by atoms with Crippen molar-refractivity contribution < 1.29 is 14.3 Å². The fraction of sp³-hybridized carbons (Fsp3) is 0.250. The second-order valence-corrected chi connectivity index (χ2v) is 6.00. The number of rotatable bonds is 4. The Hall–Kier alpha value is -0.801. The summed E-state index contributed by atoms with van der Waals surface area (Å²) < 4.78 is 12.3. The van der Waals surface area contributed by atoms with Gasteiger partial charge >= 0.3 is 111 Å². The van der Waals surface area contributed by atoms with E-state index in [2.05, 4.69) is 0 Å². The number of halogens is 1. The fourth-order valence-corrected chi connectivity index (χ4v) is 3.67. The van der Waals surface area contributed by atoms with Crippen molar-refractivity contribution in [2.24, 2.45) is 0 Å². The standard InChI is InChI=1S/C12H11ClO3Se/c1-2-15-12-10(9(13)11(14)16-12)17-8-6-4-3-5-7-8/h3-7,12H,2H2,1H3. The zero-order valence-corrected chi connectivity index (χ0v) is 11.7. The number of ether oxygens (including phenoxy) is 2. The summed E-state index contributed by atoms with van der Waals surface area (Å²) in [7, 11) is 0. The first-order valence-electron chi connectivity index (χ1n) is 5.17. The molecule has 0 spiro atoms. The van der Waals surface area contributed by atoms with E-state index in [0.29, 0.717) is 6.61 Å². The Morgan fingerprint density at radius 1 is 1.41 bits per heavy atom. The molecule has 0 amide bonds. The molecule has 0 radical (unpaired) electrons. The third kappa shape index (κ3) is 2.90. The van der Waals surface area contributed by atoms with E-state index in [1.807, 2.05) is 37.3 Å². The first-order valence-corrected chi connectivity index (χ1v) is 7.26. The molecule has 0 aromatic heterocycles. The molecular formula is C12H11ClO3Se. The molecule has 0 saturated heterocycles. The van der Waals surface area contributed by atoms with Crippen molar-refractivity contribution in [1.82, 2.24) is 0 Å². The van der Waals surface area contributed by atoms with Crippen LogP contribution in [0.1, 0.15) is 6.92 Å². The number of carbonyl (C=O) groups is 1. The van der Waals surface area contributed by atoms with E-state index in [-0.39, 0.29) is 20.0 Å². The Balaban J connectivity index is 2.19. The van der Waals surface area contributed by atoms with Crippen LogP contribution < -0.4 is 4.46 Å². The average molecular weight is 318 g/mol. The van der Waals surface area contributed by atoms with Crippen LogP contribution in [0.4, 0.5) is 0 Å². The third-order valence-corrected chi connectivity index (χ3v) is 5.08. The van der Waals surface area contributed by atoms with Crippen LogP contribution in [0.3, 0.4) is 0 Å². The van der Waals surface area contributed by atoms with Crippen molar-refractivity contribution in [1.29, 1.82) is 0 Å². The van der Waals surface area contributed by atoms with Gasteiger partial charge in [-0.05, 0) is 0 Å². The van der Waals surface area contributed by atoms with E-state index in [0.717, 1.165) is 8.93 Å². The summed E-state index contributed by atoms with van der Waals surface area (Å²) in [6, 6.07) is 9.87. The Morgan fingerprint density at radius 3 is 2.76 bits per heavy atom. The average Bonchev–Trinajstić information content (AvgIpc) is 2.59. The molecular weight excluding hydrogens is 307 g/mol. The molecule has 1 aliphatic rings. The minimum atomic E-state index is -0.611. The van der Waals surface area contributed by atoms with E-state index >= 15 is 0 Å². The molecule has 1 aromatic carbocycles. The van der Waals surface area contributed by atoms with Crippen molar-refractivity contribution >= 4 is 37.0 Å². The molecule has 17 heavy (non-hydrogen) atoms. The number of benzene rings is 1. The molecule has 1 aliphatic heterocycles. The molecule has 0 fully saturated rings. The number of hydrogen-bond acceptors (Lipinski definition) is 3. The molecule has 1 unspecified atom stereocenters. The molecule has 0 saturated carbocycles. The second kappa shape index (κ2) is 5.69. The van der Waals surface area contributed by atoms with Crippen LogP contribution in [0.2, 0.25) is 0 Å². The van der Waals surface area contributed by atoms with Gasteiger partial charge in [0, 0.05) is 0 Å². The number of esters is 1. The summed E-state index contributed by atoms with van der Waals surface area (Å²) in [4.78, 5) is 11.4. The SMILES string of the molecule is CCOC1OC(=O)C(Cl)=C1[Se]c1ccccc1. The number of hydrogen-bond donors (Lipinski definition) is 0. The zero-order valence-electron chi connectivity index (χ0n) is 9.18. The number of carbonyl (C=O) groups excluding carboxylic acids is 1. The van der Waals surface area contributed by atoms with E-state index < -0.39 is 12.3 Å². The quantitative estimate of drug-likeness (QED) is 0.622. The Morgan fingerprint density at radius 2 is 2.12 bits per heavy atom. The number of cyclic esters (lactones) is 1. The summed E-state index contributed by atoms with van der Waals surface area (Å²) in [6.07, 6.45) is -0.611. The van der Waals surface area contributed by atoms with Crippen molar-refractivity contribution in [2.75, 3.05) is 6.61 Å². The second-order valence-electron chi connectivity index (χ2n) is 3.29. The van der Waals surface area contributed by atoms with Crippen LogP contribution in [0.25, 0.3) is 0 Å². The van der Waals surface area contributed by atoms with Gasteiger partial charge in [-0.1, -0.05) is 0 Å². The van der Waals surface area contributed by atoms with Gasteiger partial charge in [-0.3, -0.25) is 0 Å². The predicted molar refractivity (Wildman–Crippen MR) is 66.2 cm³/mol. The molecule has 1 aromatic rings. The van der Waals surface area contributed by atoms with Gasteiger partial charge in [0.25, 0.3) is 0 Å². The van der Waals surface area contributed by atoms with E-state index in [1.165, 1.54) is 0 Å². The molecule has 0 aliphatic carbocycles. The summed E-state index contributed by atoms with van der Waals surface area (Å²) >= 11 is 5.90. The Labute approximate surface area is 111 Å². The van der Waals surface area contributed by atoms with Gasteiger partial charge < -0.3 is 0 Å². The molecule has 1 atom stereocenters. The van der Waals surface area contributed by atoms with E-state index in [4.69, 9.17) is 21.1 Å². The van der Waals surface area contributed by atoms with Gasteiger partial charge in [-0.15, -0.1) is 0 Å². The summed E-state index contributed by atoms with van der Waals surface area (Å²) in [5, 5.41) is 0.173. The minimum absolute atomic E-state index is 0.0513. The van der Waals surface area contributed by atoms with Gasteiger partial charge in [0.05, 0.1) is 0 Å². The van der Waals surface area contributed by atoms with Crippen molar-refractivity contribution in [3.8, 4) is 0 Å². The predicted octanol–water partition coefficient (Wildman–Crippen LogP) is 1.39. The zero-order chi connectivity index (χ0) is 12.3. The Bertz CT molecular complexity index is 444.